The Hall–Kier alpha value is -5.48. The van der Waals surface area contributed by atoms with E-state index in [1.54, 1.807) is 19.3 Å². The molecule has 0 N–H and O–H groups in total. The largest absolute Gasteiger partial charge is 0.494 e. The molecular weight excluding hydrogens is 586 g/mol. The van der Waals surface area contributed by atoms with Crippen molar-refractivity contribution in [1.29, 1.82) is 0 Å². The van der Waals surface area contributed by atoms with Crippen LogP contribution in [-0.2, 0) is 0 Å². The smallest absolute Gasteiger partial charge is 0.291 e. The van der Waals surface area contributed by atoms with Crippen LogP contribution >= 0.6 is 11.3 Å². The average Bonchev–Trinajstić information content (AvgIpc) is 3.74. The second-order valence-electron chi connectivity index (χ2n) is 10.0. The fourth-order valence-electron chi connectivity index (χ4n) is 4.86. The Labute approximate surface area is 264 Å². The monoisotopic (exact) mass is 617 g/mol. The first-order chi connectivity index (χ1) is 22.0. The summed E-state index contributed by atoms with van der Waals surface area (Å²) in [5.74, 6) is 2.47. The molecule has 6 rings (SSSR count). The summed E-state index contributed by atoms with van der Waals surface area (Å²) in [5.41, 5.74) is 5.09. The lowest BCUT2D eigenvalue weighted by Gasteiger charge is -2.09. The molecule has 0 aliphatic heterocycles. The van der Waals surface area contributed by atoms with Gasteiger partial charge in [0.1, 0.15) is 18.1 Å². The number of hydrogen-bond donors (Lipinski definition) is 0. The maximum Gasteiger partial charge on any atom is 0.291 e. The Kier molecular flexibility index (Phi) is 8.56. The van der Waals surface area contributed by atoms with E-state index in [0.29, 0.717) is 40.0 Å². The van der Waals surface area contributed by atoms with Crippen LogP contribution in [0.15, 0.2) is 90.4 Å². The lowest BCUT2D eigenvalue weighted by molar-refractivity contribution is 0.326. The molecule has 3 aromatic carbocycles. The molecule has 0 fully saturated rings. The van der Waals surface area contributed by atoms with Gasteiger partial charge in [0.25, 0.3) is 5.56 Å². The van der Waals surface area contributed by atoms with Crippen molar-refractivity contribution in [1.82, 2.24) is 24.4 Å². The average molecular weight is 618 g/mol. The highest BCUT2D eigenvalue weighted by Crippen LogP contribution is 2.31. The zero-order chi connectivity index (χ0) is 31.3. The lowest BCUT2D eigenvalue weighted by Crippen LogP contribution is -2.23. The van der Waals surface area contributed by atoms with Crippen molar-refractivity contribution in [2.45, 2.75) is 13.8 Å². The summed E-state index contributed by atoms with van der Waals surface area (Å²) >= 11 is 1.28. The molecule has 0 aliphatic rings. The van der Waals surface area contributed by atoms with Gasteiger partial charge in [0, 0.05) is 17.3 Å². The lowest BCUT2D eigenvalue weighted by atomic mass is 10.0. The zero-order valence-electron chi connectivity index (χ0n) is 25.1. The first-order valence-corrected chi connectivity index (χ1v) is 15.2. The van der Waals surface area contributed by atoms with Gasteiger partial charge in [0.05, 0.1) is 23.9 Å². The first-order valence-electron chi connectivity index (χ1n) is 14.4. The van der Waals surface area contributed by atoms with Gasteiger partial charge in [-0.2, -0.15) is 14.6 Å². The molecule has 6 aromatic rings. The van der Waals surface area contributed by atoms with Crippen molar-refractivity contribution < 1.29 is 14.2 Å². The molecule has 0 atom stereocenters. The van der Waals surface area contributed by atoms with E-state index >= 15 is 0 Å². The van der Waals surface area contributed by atoms with Crippen LogP contribution in [0.2, 0.25) is 0 Å². The predicted molar refractivity (Wildman–Crippen MR) is 178 cm³/mol. The Morgan fingerprint density at radius 1 is 0.978 bits per heavy atom. The quantitative estimate of drug-likeness (QED) is 0.165. The van der Waals surface area contributed by atoms with E-state index < -0.39 is 0 Å². The number of nitrogens with zero attached hydrogens (tertiary/aromatic N) is 5. The van der Waals surface area contributed by atoms with E-state index in [1.165, 1.54) is 15.9 Å². The Balaban J connectivity index is 1.35. The summed E-state index contributed by atoms with van der Waals surface area (Å²) < 4.78 is 20.4. The Morgan fingerprint density at radius 3 is 2.56 bits per heavy atom. The number of thiazole rings is 1. The van der Waals surface area contributed by atoms with Gasteiger partial charge in [-0.05, 0) is 79.6 Å². The molecule has 0 saturated heterocycles. The van der Waals surface area contributed by atoms with Gasteiger partial charge in [0.2, 0.25) is 4.96 Å². The molecule has 0 radical (unpaired) electrons. The van der Waals surface area contributed by atoms with Gasteiger partial charge in [0.15, 0.2) is 17.3 Å². The van der Waals surface area contributed by atoms with E-state index in [9.17, 15) is 4.79 Å². The third-order valence-electron chi connectivity index (χ3n) is 6.98. The van der Waals surface area contributed by atoms with Crippen molar-refractivity contribution >= 4 is 34.5 Å². The van der Waals surface area contributed by atoms with Gasteiger partial charge in [-0.15, -0.1) is 5.10 Å². The molecule has 0 unspecified atom stereocenters. The van der Waals surface area contributed by atoms with Gasteiger partial charge < -0.3 is 14.2 Å². The van der Waals surface area contributed by atoms with Crippen LogP contribution in [-0.4, -0.2) is 44.7 Å². The van der Waals surface area contributed by atoms with Crippen LogP contribution in [0.25, 0.3) is 40.1 Å². The highest BCUT2D eigenvalue weighted by molar-refractivity contribution is 7.15. The normalized spacial score (nSPS) is 11.8. The SMILES string of the molecule is C=CCOc1ccc(/C=C/c2nc3s/c(=C\c4cn(-c5ccccc5)nc4-c4ccc(OCC)cc4C)c(=O)n3n2)cc1OC. The molecule has 3 aromatic heterocycles. The summed E-state index contributed by atoms with van der Waals surface area (Å²) in [6.07, 6.45) is 9.10. The zero-order valence-corrected chi connectivity index (χ0v) is 26.0. The highest BCUT2D eigenvalue weighted by Gasteiger charge is 2.16. The molecule has 9 nitrogen and oxygen atoms in total. The number of hydrogen-bond acceptors (Lipinski definition) is 8. The molecule has 45 heavy (non-hydrogen) atoms. The molecule has 0 spiro atoms. The van der Waals surface area contributed by atoms with Crippen LogP contribution in [0.3, 0.4) is 0 Å². The molecule has 3 heterocycles. The van der Waals surface area contributed by atoms with Crippen molar-refractivity contribution in [3.8, 4) is 34.2 Å². The Morgan fingerprint density at radius 2 is 1.82 bits per heavy atom. The minimum absolute atomic E-state index is 0.241. The van der Waals surface area contributed by atoms with E-state index in [2.05, 4.69) is 16.7 Å². The first kappa shape index (κ1) is 29.6. The van der Waals surface area contributed by atoms with Gasteiger partial charge in [-0.1, -0.05) is 54.3 Å². The topological polar surface area (TPSA) is 92.8 Å². The predicted octanol–water partition coefficient (Wildman–Crippen LogP) is 6.00. The van der Waals surface area contributed by atoms with Crippen molar-refractivity contribution in [2.24, 2.45) is 0 Å². The summed E-state index contributed by atoms with van der Waals surface area (Å²) in [6, 6.07) is 21.4. The maximum absolute atomic E-state index is 13.5. The minimum atomic E-state index is -0.241. The summed E-state index contributed by atoms with van der Waals surface area (Å²) in [6.45, 7) is 8.64. The van der Waals surface area contributed by atoms with Crippen LogP contribution < -0.4 is 24.3 Å². The van der Waals surface area contributed by atoms with Gasteiger partial charge in [-0.3, -0.25) is 4.79 Å². The van der Waals surface area contributed by atoms with Crippen molar-refractivity contribution in [2.75, 3.05) is 20.3 Å². The molecule has 0 aliphatic carbocycles. The number of rotatable bonds is 11. The van der Waals surface area contributed by atoms with Crippen LogP contribution in [0.5, 0.6) is 17.2 Å². The fourth-order valence-corrected chi connectivity index (χ4v) is 5.77. The van der Waals surface area contributed by atoms with E-state index in [-0.39, 0.29) is 5.56 Å². The number of para-hydroxylation sites is 1. The molecule has 10 heteroatoms. The fraction of sp³-hybridized carbons (Fsp3) is 0.143. The van der Waals surface area contributed by atoms with Crippen LogP contribution in [0.1, 0.15) is 29.4 Å². The van der Waals surface area contributed by atoms with E-state index in [1.807, 2.05) is 104 Å². The second-order valence-corrected chi connectivity index (χ2v) is 11.1. The number of benzene rings is 3. The number of aromatic nitrogens is 5. The van der Waals surface area contributed by atoms with Gasteiger partial charge >= 0.3 is 0 Å². The molecule has 226 valence electrons. The minimum Gasteiger partial charge on any atom is -0.494 e. The molecule has 0 amide bonds. The van der Waals surface area contributed by atoms with Crippen molar-refractivity contribution in [3.63, 3.8) is 0 Å². The molecular formula is C35H31N5O4S. The van der Waals surface area contributed by atoms with Crippen molar-refractivity contribution in [3.05, 3.63) is 123 Å². The van der Waals surface area contributed by atoms with Crippen LogP contribution in [0.4, 0.5) is 0 Å². The number of fused-ring (bicyclic) bond motifs is 1. The van der Waals surface area contributed by atoms with Gasteiger partial charge in [-0.25, -0.2) is 4.68 Å². The molecule has 0 bridgehead atoms. The van der Waals surface area contributed by atoms with E-state index in [4.69, 9.17) is 19.3 Å². The third-order valence-corrected chi connectivity index (χ3v) is 7.94. The highest BCUT2D eigenvalue weighted by atomic mass is 32.1. The van der Waals surface area contributed by atoms with E-state index in [0.717, 1.165) is 39.4 Å². The Bertz CT molecular complexity index is 2130. The standard InChI is InChI=1S/C35H31N5O4S/c1-5-18-44-29-16-12-24(20-30(29)42-4)13-17-32-36-35-40(37-32)34(41)31(45-35)21-25-22-39(26-10-8-7-9-11-26)38-33(25)28-15-14-27(43-6-2)19-23(28)3/h5,7-17,19-22H,1,6,18H2,2-4H3/b17-13+,31-21-. The second kappa shape index (κ2) is 13.0. The third kappa shape index (κ3) is 6.27. The number of ether oxygens (including phenoxy) is 3. The number of aryl methyl sites for hydroxylation is 1. The summed E-state index contributed by atoms with van der Waals surface area (Å²) in [7, 11) is 1.59. The summed E-state index contributed by atoms with van der Waals surface area (Å²) in [4.78, 5) is 18.6. The van der Waals surface area contributed by atoms with Crippen LogP contribution in [0, 0.1) is 6.92 Å². The maximum atomic E-state index is 13.5. The molecule has 0 saturated carbocycles. The summed E-state index contributed by atoms with van der Waals surface area (Å²) in [5, 5.41) is 9.39. The number of methoxy groups -OCH3 is 1.